The van der Waals surface area contributed by atoms with Crippen molar-refractivity contribution in [2.75, 3.05) is 20.1 Å². The maximum Gasteiger partial charge on any atom is 0.161 e. The van der Waals surface area contributed by atoms with Gasteiger partial charge in [0.25, 0.3) is 0 Å². The molecule has 0 radical (unpaired) electrons. The maximum atomic E-state index is 12.7. The molecule has 1 saturated heterocycles. The first-order valence-electron chi connectivity index (χ1n) is 5.33. The van der Waals surface area contributed by atoms with E-state index in [1.165, 1.54) is 12.1 Å². The van der Waals surface area contributed by atoms with Crippen LogP contribution in [0.3, 0.4) is 0 Å². The first kappa shape index (κ1) is 11.0. The summed E-state index contributed by atoms with van der Waals surface area (Å²) < 4.78 is 12.7. The van der Waals surface area contributed by atoms with Crippen molar-refractivity contribution in [3.05, 3.63) is 41.2 Å². The van der Waals surface area contributed by atoms with Crippen molar-refractivity contribution in [1.82, 2.24) is 4.90 Å². The number of carbonyl (C=O) groups is 1. The Balaban J connectivity index is 2.22. The Morgan fingerprint density at radius 2 is 2.00 bits per heavy atom. The van der Waals surface area contributed by atoms with Crippen LogP contribution < -0.4 is 0 Å². The van der Waals surface area contributed by atoms with Gasteiger partial charge in [-0.3, -0.25) is 4.79 Å². The molecule has 1 aliphatic heterocycles. The summed E-state index contributed by atoms with van der Waals surface area (Å²) in [6.45, 7) is 1.50. The Hall–Kier alpha value is -1.48. The van der Waals surface area contributed by atoms with E-state index in [4.69, 9.17) is 0 Å². The van der Waals surface area contributed by atoms with Crippen LogP contribution in [0, 0.1) is 5.82 Å². The highest BCUT2D eigenvalue weighted by Gasteiger charge is 2.18. The molecule has 1 fully saturated rings. The lowest BCUT2D eigenvalue weighted by atomic mass is 10.0. The van der Waals surface area contributed by atoms with E-state index in [-0.39, 0.29) is 11.6 Å². The second kappa shape index (κ2) is 4.58. The zero-order valence-electron chi connectivity index (χ0n) is 9.24. The summed E-state index contributed by atoms with van der Waals surface area (Å²) >= 11 is 0. The second-order valence-electron chi connectivity index (χ2n) is 4.13. The summed E-state index contributed by atoms with van der Waals surface area (Å²) in [4.78, 5) is 13.7. The molecule has 0 aliphatic carbocycles. The Morgan fingerprint density at radius 1 is 1.31 bits per heavy atom. The fourth-order valence-corrected chi connectivity index (χ4v) is 1.80. The van der Waals surface area contributed by atoms with Gasteiger partial charge in [-0.2, -0.15) is 0 Å². The predicted molar refractivity (Wildman–Crippen MR) is 61.5 cm³/mol. The number of Topliss-reactive ketones (excluding diaryl/α,β-unsaturated/α-hetero) is 1. The molecule has 1 aromatic carbocycles. The van der Waals surface area contributed by atoms with Crippen LogP contribution in [0.15, 0.2) is 29.8 Å². The molecule has 0 bridgehead atoms. The normalized spacial score (nSPS) is 20.4. The number of halogens is 1. The largest absolute Gasteiger partial charge is 0.302 e. The molecule has 0 amide bonds. The Morgan fingerprint density at radius 3 is 2.69 bits per heavy atom. The molecule has 0 atom stereocenters. The number of rotatable bonds is 1. The summed E-state index contributed by atoms with van der Waals surface area (Å²) in [5.41, 5.74) is 1.68. The van der Waals surface area contributed by atoms with Gasteiger partial charge in [-0.25, -0.2) is 4.39 Å². The van der Waals surface area contributed by atoms with Crippen LogP contribution in [0.5, 0.6) is 0 Å². The summed E-state index contributed by atoms with van der Waals surface area (Å²) in [6.07, 6.45) is 2.42. The third kappa shape index (κ3) is 2.55. The minimum atomic E-state index is -0.255. The first-order valence-corrected chi connectivity index (χ1v) is 5.33. The molecule has 0 aromatic heterocycles. The molecule has 1 heterocycles. The van der Waals surface area contributed by atoms with Crippen LogP contribution in [-0.2, 0) is 4.79 Å². The number of benzene rings is 1. The number of piperidine rings is 1. The molecular weight excluding hydrogens is 205 g/mol. The minimum Gasteiger partial charge on any atom is -0.302 e. The van der Waals surface area contributed by atoms with E-state index in [0.29, 0.717) is 13.0 Å². The highest BCUT2D eigenvalue weighted by Crippen LogP contribution is 2.15. The molecule has 84 valence electrons. The minimum absolute atomic E-state index is 0.197. The van der Waals surface area contributed by atoms with Crippen molar-refractivity contribution in [1.29, 1.82) is 0 Å². The standard InChI is InChI=1S/C13H14FNO/c1-15-7-6-13(16)11(9-15)8-10-2-4-12(14)5-3-10/h2-5,8H,6-7,9H2,1H3/b11-8+. The van der Waals surface area contributed by atoms with Crippen molar-refractivity contribution in [2.45, 2.75) is 6.42 Å². The zero-order chi connectivity index (χ0) is 11.5. The molecule has 0 N–H and O–H groups in total. The van der Waals surface area contributed by atoms with Gasteiger partial charge in [-0.1, -0.05) is 12.1 Å². The smallest absolute Gasteiger partial charge is 0.161 e. The highest BCUT2D eigenvalue weighted by molar-refractivity contribution is 6.00. The topological polar surface area (TPSA) is 20.3 Å². The summed E-state index contributed by atoms with van der Waals surface area (Å²) in [7, 11) is 1.99. The molecule has 0 unspecified atom stereocenters. The molecule has 2 rings (SSSR count). The summed E-state index contributed by atoms with van der Waals surface area (Å²) in [5, 5.41) is 0. The predicted octanol–water partition coefficient (Wildman–Crippen LogP) is 2.11. The molecule has 3 heteroatoms. The van der Waals surface area contributed by atoms with Crippen LogP contribution >= 0.6 is 0 Å². The van der Waals surface area contributed by atoms with E-state index in [1.807, 2.05) is 13.1 Å². The lowest BCUT2D eigenvalue weighted by Crippen LogP contribution is -2.32. The first-order chi connectivity index (χ1) is 7.65. The van der Waals surface area contributed by atoms with Gasteiger partial charge >= 0.3 is 0 Å². The van der Waals surface area contributed by atoms with Crippen LogP contribution in [0.2, 0.25) is 0 Å². The van der Waals surface area contributed by atoms with Gasteiger partial charge in [0.15, 0.2) is 5.78 Å². The Bertz CT molecular complexity index is 422. The van der Waals surface area contributed by atoms with Crippen molar-refractivity contribution in [3.63, 3.8) is 0 Å². The van der Waals surface area contributed by atoms with Crippen LogP contribution in [0.4, 0.5) is 4.39 Å². The molecule has 1 aromatic rings. The molecule has 2 nitrogen and oxygen atoms in total. The Labute approximate surface area is 94.4 Å². The van der Waals surface area contributed by atoms with E-state index in [0.717, 1.165) is 17.7 Å². The zero-order valence-corrected chi connectivity index (χ0v) is 9.24. The molecular formula is C13H14FNO. The van der Waals surface area contributed by atoms with Gasteiger partial charge in [0.1, 0.15) is 5.82 Å². The second-order valence-corrected chi connectivity index (χ2v) is 4.13. The maximum absolute atomic E-state index is 12.7. The van der Waals surface area contributed by atoms with Crippen molar-refractivity contribution < 1.29 is 9.18 Å². The average molecular weight is 219 g/mol. The van der Waals surface area contributed by atoms with Crippen LogP contribution in [0.1, 0.15) is 12.0 Å². The van der Waals surface area contributed by atoms with Crippen LogP contribution in [-0.4, -0.2) is 30.8 Å². The lowest BCUT2D eigenvalue weighted by molar-refractivity contribution is -0.117. The van der Waals surface area contributed by atoms with E-state index in [1.54, 1.807) is 12.1 Å². The monoisotopic (exact) mass is 219 g/mol. The quantitative estimate of drug-likeness (QED) is 0.674. The van der Waals surface area contributed by atoms with E-state index < -0.39 is 0 Å². The van der Waals surface area contributed by atoms with Gasteiger partial charge in [0, 0.05) is 25.1 Å². The van der Waals surface area contributed by atoms with Gasteiger partial charge in [0.05, 0.1) is 0 Å². The summed E-state index contributed by atoms with van der Waals surface area (Å²) in [6, 6.07) is 6.18. The third-order valence-corrected chi connectivity index (χ3v) is 2.73. The third-order valence-electron chi connectivity index (χ3n) is 2.73. The van der Waals surface area contributed by atoms with E-state index in [9.17, 15) is 9.18 Å². The number of likely N-dealkylation sites (N-methyl/N-ethyl adjacent to an activating group) is 1. The summed E-state index contributed by atoms with van der Waals surface area (Å²) in [5.74, 6) is -0.0586. The number of ketones is 1. The van der Waals surface area contributed by atoms with Crippen LogP contribution in [0.25, 0.3) is 6.08 Å². The average Bonchev–Trinajstić information content (AvgIpc) is 2.27. The van der Waals surface area contributed by atoms with E-state index >= 15 is 0 Å². The Kier molecular flexibility index (Phi) is 3.15. The highest BCUT2D eigenvalue weighted by atomic mass is 19.1. The van der Waals surface area contributed by atoms with Crippen molar-refractivity contribution in [3.8, 4) is 0 Å². The fourth-order valence-electron chi connectivity index (χ4n) is 1.80. The lowest BCUT2D eigenvalue weighted by Gasteiger charge is -2.23. The van der Waals surface area contributed by atoms with Gasteiger partial charge in [-0.05, 0) is 30.8 Å². The molecule has 1 aliphatic rings. The number of likely N-dealkylation sites (tertiary alicyclic amines) is 1. The SMILES string of the molecule is CN1CCC(=O)/C(=C/c2ccc(F)cc2)C1. The van der Waals surface area contributed by atoms with Gasteiger partial charge in [-0.15, -0.1) is 0 Å². The number of hydrogen-bond donors (Lipinski definition) is 0. The number of hydrogen-bond acceptors (Lipinski definition) is 2. The van der Waals surface area contributed by atoms with Crippen molar-refractivity contribution in [2.24, 2.45) is 0 Å². The molecule has 16 heavy (non-hydrogen) atoms. The van der Waals surface area contributed by atoms with Gasteiger partial charge in [0.2, 0.25) is 0 Å². The van der Waals surface area contributed by atoms with E-state index in [2.05, 4.69) is 4.90 Å². The fraction of sp³-hybridized carbons (Fsp3) is 0.308. The molecule has 0 saturated carbocycles. The van der Waals surface area contributed by atoms with Crippen molar-refractivity contribution >= 4 is 11.9 Å². The number of carbonyl (C=O) groups excluding carboxylic acids is 1. The molecule has 0 spiro atoms. The van der Waals surface area contributed by atoms with Gasteiger partial charge < -0.3 is 4.90 Å². The number of nitrogens with zero attached hydrogens (tertiary/aromatic N) is 1.